The van der Waals surface area contributed by atoms with Gasteiger partial charge in [-0.25, -0.2) is 0 Å². The molecule has 1 unspecified atom stereocenters. The quantitative estimate of drug-likeness (QED) is 0.730. The Morgan fingerprint density at radius 3 is 2.68 bits per heavy atom. The number of nitrogens with zero attached hydrogens (tertiary/aromatic N) is 1. The molecule has 1 aliphatic heterocycles. The summed E-state index contributed by atoms with van der Waals surface area (Å²) in [6.45, 7) is 1.97. The number of hydrogen-bond acceptors (Lipinski definition) is 4. The molecular formula is C18H28ClN3O3. The zero-order valence-electron chi connectivity index (χ0n) is 14.5. The molecule has 0 aromatic heterocycles. The molecule has 2 rings (SSSR count). The minimum atomic E-state index is -0.0529. The van der Waals surface area contributed by atoms with Crippen LogP contribution in [0, 0.1) is 0 Å². The topological polar surface area (TPSA) is 84.7 Å². The SMILES string of the molecule is Cl.NCCC(=O)NCC1CCCCN1C(=O)CCOc1ccccc1. The summed E-state index contributed by atoms with van der Waals surface area (Å²) in [5.74, 6) is 0.807. The van der Waals surface area contributed by atoms with Crippen molar-refractivity contribution in [3.05, 3.63) is 30.3 Å². The summed E-state index contributed by atoms with van der Waals surface area (Å²) in [7, 11) is 0. The highest BCUT2D eigenvalue weighted by Crippen LogP contribution is 2.18. The summed E-state index contributed by atoms with van der Waals surface area (Å²) < 4.78 is 5.60. The Morgan fingerprint density at radius 1 is 1.20 bits per heavy atom. The fourth-order valence-corrected chi connectivity index (χ4v) is 2.91. The first-order chi connectivity index (χ1) is 11.7. The number of hydrogen-bond donors (Lipinski definition) is 2. The smallest absolute Gasteiger partial charge is 0.226 e. The van der Waals surface area contributed by atoms with E-state index in [0.29, 0.717) is 32.5 Å². The number of ether oxygens (including phenoxy) is 1. The third-order valence-electron chi connectivity index (χ3n) is 4.18. The van der Waals surface area contributed by atoms with Gasteiger partial charge in [0.25, 0.3) is 0 Å². The summed E-state index contributed by atoms with van der Waals surface area (Å²) in [6.07, 6.45) is 3.70. The second-order valence-corrected chi connectivity index (χ2v) is 5.99. The van der Waals surface area contributed by atoms with Crippen LogP contribution in [0.2, 0.25) is 0 Å². The van der Waals surface area contributed by atoms with Crippen molar-refractivity contribution in [2.75, 3.05) is 26.2 Å². The van der Waals surface area contributed by atoms with Crippen LogP contribution in [0.1, 0.15) is 32.1 Å². The van der Waals surface area contributed by atoms with E-state index in [-0.39, 0.29) is 30.3 Å². The molecule has 0 radical (unpaired) electrons. The molecule has 0 spiro atoms. The number of para-hydroxylation sites is 1. The molecule has 3 N–H and O–H groups in total. The van der Waals surface area contributed by atoms with Gasteiger partial charge in [0.2, 0.25) is 11.8 Å². The Kier molecular flexibility index (Phi) is 9.96. The second kappa shape index (κ2) is 11.7. The minimum Gasteiger partial charge on any atom is -0.493 e. The molecule has 140 valence electrons. The van der Waals surface area contributed by atoms with Gasteiger partial charge >= 0.3 is 0 Å². The number of halogens is 1. The lowest BCUT2D eigenvalue weighted by Gasteiger charge is -2.36. The van der Waals surface area contributed by atoms with Gasteiger partial charge in [-0.05, 0) is 31.4 Å². The van der Waals surface area contributed by atoms with Gasteiger partial charge in [-0.3, -0.25) is 9.59 Å². The van der Waals surface area contributed by atoms with Crippen LogP contribution in [0.4, 0.5) is 0 Å². The summed E-state index contributed by atoms with van der Waals surface area (Å²) in [5, 5.41) is 2.88. The van der Waals surface area contributed by atoms with Gasteiger partial charge in [-0.1, -0.05) is 18.2 Å². The fourth-order valence-electron chi connectivity index (χ4n) is 2.91. The van der Waals surface area contributed by atoms with Crippen molar-refractivity contribution in [2.45, 2.75) is 38.1 Å². The second-order valence-electron chi connectivity index (χ2n) is 5.99. The fraction of sp³-hybridized carbons (Fsp3) is 0.556. The number of rotatable bonds is 8. The Balaban J connectivity index is 0.00000312. The third kappa shape index (κ3) is 7.32. The van der Waals surface area contributed by atoms with Crippen LogP contribution in [0.25, 0.3) is 0 Å². The third-order valence-corrected chi connectivity index (χ3v) is 4.18. The first-order valence-electron chi connectivity index (χ1n) is 8.65. The minimum absolute atomic E-state index is 0. The molecule has 25 heavy (non-hydrogen) atoms. The number of nitrogens with one attached hydrogen (secondary N) is 1. The van der Waals surface area contributed by atoms with Crippen LogP contribution in [0.15, 0.2) is 30.3 Å². The van der Waals surface area contributed by atoms with Gasteiger partial charge < -0.3 is 20.7 Å². The predicted octanol–water partition coefficient (Wildman–Crippen LogP) is 1.72. The van der Waals surface area contributed by atoms with Crippen molar-refractivity contribution in [1.82, 2.24) is 10.2 Å². The maximum atomic E-state index is 12.5. The number of carbonyl (C=O) groups excluding carboxylic acids is 2. The maximum absolute atomic E-state index is 12.5. The number of nitrogens with two attached hydrogens (primary N) is 1. The highest BCUT2D eigenvalue weighted by atomic mass is 35.5. The van der Waals surface area contributed by atoms with E-state index in [0.717, 1.165) is 31.6 Å². The van der Waals surface area contributed by atoms with Crippen molar-refractivity contribution in [3.63, 3.8) is 0 Å². The standard InChI is InChI=1S/C18H27N3O3.ClH/c19-11-9-17(22)20-14-15-6-4-5-12-21(15)18(23)10-13-24-16-7-2-1-3-8-16;/h1-3,7-8,15H,4-6,9-14,19H2,(H,20,22);1H. The average Bonchev–Trinajstić information content (AvgIpc) is 2.61. The highest BCUT2D eigenvalue weighted by Gasteiger charge is 2.26. The Bertz CT molecular complexity index is 528. The lowest BCUT2D eigenvalue weighted by molar-refractivity contribution is -0.136. The molecule has 1 fully saturated rings. The lowest BCUT2D eigenvalue weighted by atomic mass is 10.0. The van der Waals surface area contributed by atoms with Crippen molar-refractivity contribution < 1.29 is 14.3 Å². The summed E-state index contributed by atoms with van der Waals surface area (Å²) >= 11 is 0. The molecular weight excluding hydrogens is 342 g/mol. The van der Waals surface area contributed by atoms with Crippen molar-refractivity contribution in [2.24, 2.45) is 5.73 Å². The molecule has 0 bridgehead atoms. The molecule has 1 heterocycles. The molecule has 0 aliphatic carbocycles. The monoisotopic (exact) mass is 369 g/mol. The maximum Gasteiger partial charge on any atom is 0.226 e. The van der Waals surface area contributed by atoms with E-state index in [2.05, 4.69) is 5.32 Å². The van der Waals surface area contributed by atoms with Gasteiger partial charge in [-0.2, -0.15) is 0 Å². The first-order valence-corrected chi connectivity index (χ1v) is 8.65. The zero-order valence-corrected chi connectivity index (χ0v) is 15.3. The van der Waals surface area contributed by atoms with Gasteiger partial charge in [0.15, 0.2) is 0 Å². The van der Waals surface area contributed by atoms with E-state index in [1.807, 2.05) is 35.2 Å². The molecule has 0 saturated carbocycles. The van der Waals surface area contributed by atoms with Crippen LogP contribution in [0.5, 0.6) is 5.75 Å². The van der Waals surface area contributed by atoms with Gasteiger partial charge in [0.1, 0.15) is 5.75 Å². The van der Waals surface area contributed by atoms with Gasteiger partial charge in [-0.15, -0.1) is 12.4 Å². The van der Waals surface area contributed by atoms with Crippen LogP contribution in [0.3, 0.4) is 0 Å². The summed E-state index contributed by atoms with van der Waals surface area (Å²) in [4.78, 5) is 25.9. The largest absolute Gasteiger partial charge is 0.493 e. The van der Waals surface area contributed by atoms with Crippen LogP contribution in [-0.4, -0.2) is 49.0 Å². The van der Waals surface area contributed by atoms with Gasteiger partial charge in [0.05, 0.1) is 13.0 Å². The van der Waals surface area contributed by atoms with E-state index in [4.69, 9.17) is 10.5 Å². The molecule has 1 aromatic carbocycles. The predicted molar refractivity (Wildman–Crippen MR) is 99.8 cm³/mol. The van der Waals surface area contributed by atoms with E-state index in [1.165, 1.54) is 0 Å². The van der Waals surface area contributed by atoms with E-state index in [9.17, 15) is 9.59 Å². The number of piperidine rings is 1. The Hall–Kier alpha value is -1.79. The van der Waals surface area contributed by atoms with Crippen LogP contribution < -0.4 is 15.8 Å². The summed E-state index contributed by atoms with van der Waals surface area (Å²) in [5.41, 5.74) is 5.38. The van der Waals surface area contributed by atoms with Crippen LogP contribution in [-0.2, 0) is 9.59 Å². The highest BCUT2D eigenvalue weighted by molar-refractivity contribution is 5.85. The molecule has 7 heteroatoms. The molecule has 1 atom stereocenters. The average molecular weight is 370 g/mol. The summed E-state index contributed by atoms with van der Waals surface area (Å²) in [6, 6.07) is 9.56. The number of amides is 2. The van der Waals surface area contributed by atoms with Gasteiger partial charge in [0, 0.05) is 32.1 Å². The Morgan fingerprint density at radius 2 is 1.96 bits per heavy atom. The first kappa shape index (κ1) is 21.3. The van der Waals surface area contributed by atoms with Crippen molar-refractivity contribution >= 4 is 24.2 Å². The van der Waals surface area contributed by atoms with Crippen LogP contribution >= 0.6 is 12.4 Å². The molecule has 1 saturated heterocycles. The lowest BCUT2D eigenvalue weighted by Crippen LogP contribution is -2.49. The van der Waals surface area contributed by atoms with E-state index in [1.54, 1.807) is 0 Å². The van der Waals surface area contributed by atoms with Crippen molar-refractivity contribution in [1.29, 1.82) is 0 Å². The van der Waals surface area contributed by atoms with E-state index >= 15 is 0 Å². The molecule has 1 aliphatic rings. The normalized spacial score (nSPS) is 16.7. The van der Waals surface area contributed by atoms with E-state index < -0.39 is 0 Å². The number of carbonyl (C=O) groups is 2. The van der Waals surface area contributed by atoms with Crippen molar-refractivity contribution in [3.8, 4) is 5.75 Å². The molecule has 6 nitrogen and oxygen atoms in total. The Labute approximate surface area is 155 Å². The number of benzene rings is 1. The molecule has 2 amide bonds. The molecule has 1 aromatic rings. The number of likely N-dealkylation sites (tertiary alicyclic amines) is 1. The zero-order chi connectivity index (χ0) is 17.2.